The third-order valence-corrected chi connectivity index (χ3v) is 2.97. The number of rotatable bonds is 3. The Bertz CT molecular complexity index is 394. The van der Waals surface area contributed by atoms with Gasteiger partial charge in [0.05, 0.1) is 23.5 Å². The maximum atomic E-state index is 5.97. The molecule has 4 heteroatoms. The lowest BCUT2D eigenvalue weighted by Crippen LogP contribution is -2.13. The summed E-state index contributed by atoms with van der Waals surface area (Å²) in [4.78, 5) is 5.49. The smallest absolute Gasteiger partial charge is 0.120 e. The SMILES string of the molecule is Cc1scnc1CC(N)c1ccco1. The van der Waals surface area contributed by atoms with Gasteiger partial charge in [-0.15, -0.1) is 11.3 Å². The van der Waals surface area contributed by atoms with Crippen molar-refractivity contribution in [1.82, 2.24) is 4.98 Å². The fourth-order valence-corrected chi connectivity index (χ4v) is 1.95. The molecule has 1 unspecified atom stereocenters. The number of aryl methyl sites for hydroxylation is 1. The van der Waals surface area contributed by atoms with Gasteiger partial charge in [0.15, 0.2) is 0 Å². The van der Waals surface area contributed by atoms with Crippen molar-refractivity contribution in [1.29, 1.82) is 0 Å². The zero-order chi connectivity index (χ0) is 9.97. The number of hydrogen-bond donors (Lipinski definition) is 1. The first-order valence-corrected chi connectivity index (χ1v) is 5.33. The summed E-state index contributed by atoms with van der Waals surface area (Å²) in [6.45, 7) is 2.06. The molecule has 2 rings (SSSR count). The number of nitrogens with zero attached hydrogens (tertiary/aromatic N) is 1. The molecular formula is C10H12N2OS. The normalized spacial score (nSPS) is 13.0. The third kappa shape index (κ3) is 1.86. The van der Waals surface area contributed by atoms with E-state index in [9.17, 15) is 0 Å². The van der Waals surface area contributed by atoms with E-state index in [0.717, 1.165) is 17.9 Å². The highest BCUT2D eigenvalue weighted by Gasteiger charge is 2.12. The maximum Gasteiger partial charge on any atom is 0.120 e. The summed E-state index contributed by atoms with van der Waals surface area (Å²) in [6.07, 6.45) is 2.38. The molecule has 14 heavy (non-hydrogen) atoms. The molecule has 0 saturated carbocycles. The Hall–Kier alpha value is -1.13. The quantitative estimate of drug-likeness (QED) is 0.842. The molecule has 0 radical (unpaired) electrons. The van der Waals surface area contributed by atoms with Gasteiger partial charge in [0.1, 0.15) is 5.76 Å². The van der Waals surface area contributed by atoms with E-state index < -0.39 is 0 Å². The Morgan fingerprint density at radius 2 is 2.50 bits per heavy atom. The Kier molecular flexibility index (Phi) is 2.65. The molecule has 0 aromatic carbocycles. The molecule has 2 aromatic heterocycles. The van der Waals surface area contributed by atoms with Crippen molar-refractivity contribution in [2.24, 2.45) is 5.73 Å². The van der Waals surface area contributed by atoms with E-state index in [0.29, 0.717) is 0 Å². The topological polar surface area (TPSA) is 52.0 Å². The van der Waals surface area contributed by atoms with Gasteiger partial charge >= 0.3 is 0 Å². The molecule has 3 nitrogen and oxygen atoms in total. The molecule has 2 aromatic rings. The van der Waals surface area contributed by atoms with E-state index in [2.05, 4.69) is 11.9 Å². The van der Waals surface area contributed by atoms with Crippen molar-refractivity contribution >= 4 is 11.3 Å². The lowest BCUT2D eigenvalue weighted by atomic mass is 10.1. The first-order valence-electron chi connectivity index (χ1n) is 4.45. The average Bonchev–Trinajstić information content (AvgIpc) is 2.77. The zero-order valence-corrected chi connectivity index (χ0v) is 8.75. The molecule has 0 spiro atoms. The van der Waals surface area contributed by atoms with E-state index in [-0.39, 0.29) is 6.04 Å². The summed E-state index contributed by atoms with van der Waals surface area (Å²) in [5.41, 5.74) is 8.89. The summed E-state index contributed by atoms with van der Waals surface area (Å²) >= 11 is 1.65. The monoisotopic (exact) mass is 208 g/mol. The van der Waals surface area contributed by atoms with Crippen LogP contribution in [0, 0.1) is 6.92 Å². The van der Waals surface area contributed by atoms with Crippen LogP contribution in [0.25, 0.3) is 0 Å². The van der Waals surface area contributed by atoms with Crippen molar-refractivity contribution in [2.45, 2.75) is 19.4 Å². The second-order valence-corrected chi connectivity index (χ2v) is 4.24. The number of nitrogens with two attached hydrogens (primary N) is 1. The Balaban J connectivity index is 2.09. The molecule has 0 bridgehead atoms. The summed E-state index contributed by atoms with van der Waals surface area (Å²) in [5.74, 6) is 0.817. The fraction of sp³-hybridized carbons (Fsp3) is 0.300. The van der Waals surface area contributed by atoms with Crippen LogP contribution >= 0.6 is 11.3 Å². The summed E-state index contributed by atoms with van der Waals surface area (Å²) in [5, 5.41) is 0. The Morgan fingerprint density at radius 3 is 3.07 bits per heavy atom. The number of furan rings is 1. The predicted molar refractivity (Wildman–Crippen MR) is 56.2 cm³/mol. The van der Waals surface area contributed by atoms with Crippen LogP contribution in [0.4, 0.5) is 0 Å². The van der Waals surface area contributed by atoms with Crippen LogP contribution in [-0.2, 0) is 6.42 Å². The lowest BCUT2D eigenvalue weighted by Gasteiger charge is -2.06. The van der Waals surface area contributed by atoms with Gasteiger partial charge in [-0.05, 0) is 19.1 Å². The van der Waals surface area contributed by atoms with E-state index in [1.54, 1.807) is 17.6 Å². The average molecular weight is 208 g/mol. The molecule has 0 amide bonds. The van der Waals surface area contributed by atoms with Gasteiger partial charge in [-0.2, -0.15) is 0 Å². The zero-order valence-electron chi connectivity index (χ0n) is 7.93. The first kappa shape index (κ1) is 9.43. The fourth-order valence-electron chi connectivity index (χ4n) is 1.34. The maximum absolute atomic E-state index is 5.97. The Labute approximate surface area is 86.6 Å². The van der Waals surface area contributed by atoms with Gasteiger partial charge in [0.2, 0.25) is 0 Å². The largest absolute Gasteiger partial charge is 0.468 e. The predicted octanol–water partition coefficient (Wildman–Crippen LogP) is 2.29. The molecule has 2 N–H and O–H groups in total. The summed E-state index contributed by atoms with van der Waals surface area (Å²) in [6, 6.07) is 3.65. The van der Waals surface area contributed by atoms with E-state index >= 15 is 0 Å². The van der Waals surface area contributed by atoms with E-state index in [1.807, 2.05) is 17.6 Å². The highest BCUT2D eigenvalue weighted by Crippen LogP contribution is 2.19. The standard InChI is InChI=1S/C10H12N2OS/c1-7-9(12-6-14-7)5-8(11)10-3-2-4-13-10/h2-4,6,8H,5,11H2,1H3. The molecule has 0 fully saturated rings. The molecule has 0 aliphatic carbocycles. The third-order valence-electron chi connectivity index (χ3n) is 2.17. The van der Waals surface area contributed by atoms with Crippen molar-refractivity contribution in [3.05, 3.63) is 40.2 Å². The van der Waals surface area contributed by atoms with Crippen LogP contribution in [-0.4, -0.2) is 4.98 Å². The highest BCUT2D eigenvalue weighted by atomic mass is 32.1. The van der Waals surface area contributed by atoms with Gasteiger partial charge in [-0.3, -0.25) is 0 Å². The van der Waals surface area contributed by atoms with Gasteiger partial charge in [-0.25, -0.2) is 4.98 Å². The van der Waals surface area contributed by atoms with Crippen LogP contribution in [0.5, 0.6) is 0 Å². The number of hydrogen-bond acceptors (Lipinski definition) is 4. The van der Waals surface area contributed by atoms with Crippen LogP contribution in [0.15, 0.2) is 28.3 Å². The minimum absolute atomic E-state index is 0.0919. The molecule has 0 saturated heterocycles. The van der Waals surface area contributed by atoms with E-state index in [1.165, 1.54) is 4.88 Å². The molecule has 2 heterocycles. The first-order chi connectivity index (χ1) is 6.77. The minimum atomic E-state index is -0.0919. The number of thiazole rings is 1. The van der Waals surface area contributed by atoms with Crippen molar-refractivity contribution in [2.75, 3.05) is 0 Å². The van der Waals surface area contributed by atoms with Gasteiger partial charge in [0, 0.05) is 11.3 Å². The summed E-state index contributed by atoms with van der Waals surface area (Å²) < 4.78 is 5.23. The molecule has 74 valence electrons. The number of aromatic nitrogens is 1. The van der Waals surface area contributed by atoms with Crippen molar-refractivity contribution in [3.63, 3.8) is 0 Å². The summed E-state index contributed by atoms with van der Waals surface area (Å²) in [7, 11) is 0. The van der Waals surface area contributed by atoms with Gasteiger partial charge < -0.3 is 10.2 Å². The minimum Gasteiger partial charge on any atom is -0.468 e. The van der Waals surface area contributed by atoms with Gasteiger partial charge in [-0.1, -0.05) is 0 Å². The van der Waals surface area contributed by atoms with Crippen LogP contribution in [0.3, 0.4) is 0 Å². The molecule has 1 atom stereocenters. The van der Waals surface area contributed by atoms with E-state index in [4.69, 9.17) is 10.2 Å². The molecule has 0 aliphatic rings. The second-order valence-electron chi connectivity index (χ2n) is 3.18. The van der Waals surface area contributed by atoms with Gasteiger partial charge in [0.25, 0.3) is 0 Å². The molecule has 0 aliphatic heterocycles. The molecular weight excluding hydrogens is 196 g/mol. The highest BCUT2D eigenvalue weighted by molar-refractivity contribution is 7.09. The van der Waals surface area contributed by atoms with Crippen LogP contribution < -0.4 is 5.73 Å². The van der Waals surface area contributed by atoms with Crippen molar-refractivity contribution < 1.29 is 4.42 Å². The lowest BCUT2D eigenvalue weighted by molar-refractivity contribution is 0.463. The second kappa shape index (κ2) is 3.94. The van der Waals surface area contributed by atoms with Crippen LogP contribution in [0.1, 0.15) is 22.4 Å². The Morgan fingerprint density at radius 1 is 1.64 bits per heavy atom. The van der Waals surface area contributed by atoms with Crippen molar-refractivity contribution in [3.8, 4) is 0 Å². The van der Waals surface area contributed by atoms with Crippen LogP contribution in [0.2, 0.25) is 0 Å².